The molecule has 196 valence electrons. The van der Waals surface area contributed by atoms with Crippen molar-refractivity contribution < 1.29 is 9.53 Å². The lowest BCUT2D eigenvalue weighted by Crippen LogP contribution is -2.31. The number of hydrogen-bond donors (Lipinski definition) is 1. The van der Waals surface area contributed by atoms with Crippen molar-refractivity contribution in [2.75, 3.05) is 32.1 Å². The van der Waals surface area contributed by atoms with E-state index in [0.29, 0.717) is 39.7 Å². The summed E-state index contributed by atoms with van der Waals surface area (Å²) in [7, 11) is 2.12. The Labute approximate surface area is 241 Å². The van der Waals surface area contributed by atoms with Crippen molar-refractivity contribution in [3.05, 3.63) is 98.1 Å². The van der Waals surface area contributed by atoms with Crippen LogP contribution in [0.2, 0.25) is 15.1 Å². The smallest absolute Gasteiger partial charge is 0.357 e. The first-order valence-electron chi connectivity index (χ1n) is 12.3. The minimum Gasteiger partial charge on any atom is -0.461 e. The van der Waals surface area contributed by atoms with Crippen molar-refractivity contribution in [1.29, 1.82) is 0 Å². The van der Waals surface area contributed by atoms with Crippen LogP contribution in [0.15, 0.2) is 65.6 Å². The van der Waals surface area contributed by atoms with Crippen LogP contribution in [0.4, 0.5) is 5.69 Å². The van der Waals surface area contributed by atoms with Crippen molar-refractivity contribution >= 4 is 69.1 Å². The monoisotopic (exact) mass is 585 g/mol. The van der Waals surface area contributed by atoms with Gasteiger partial charge in [0.1, 0.15) is 0 Å². The zero-order chi connectivity index (χ0) is 26.8. The van der Waals surface area contributed by atoms with E-state index in [0.717, 1.165) is 10.8 Å². The van der Waals surface area contributed by atoms with Crippen molar-refractivity contribution in [2.24, 2.45) is 0 Å². The molecule has 0 bridgehead atoms. The second-order valence-corrected chi connectivity index (χ2v) is 11.3. The molecule has 5 nitrogen and oxygen atoms in total. The summed E-state index contributed by atoms with van der Waals surface area (Å²) in [6.07, 6.45) is 0. The largest absolute Gasteiger partial charge is 0.461 e. The molecule has 2 heterocycles. The molecular formula is C29H26Cl3N3O2S. The van der Waals surface area contributed by atoms with E-state index in [1.54, 1.807) is 25.1 Å². The molecule has 4 aromatic rings. The fraction of sp³-hybridized carbons (Fsp3) is 0.241. The highest BCUT2D eigenvalue weighted by Crippen LogP contribution is 2.42. The minimum atomic E-state index is -0.494. The van der Waals surface area contributed by atoms with E-state index in [4.69, 9.17) is 39.5 Å². The van der Waals surface area contributed by atoms with Crippen LogP contribution in [-0.4, -0.2) is 42.6 Å². The van der Waals surface area contributed by atoms with Gasteiger partial charge >= 0.3 is 5.97 Å². The SMILES string of the molecule is CCOC(=O)c1cc(NCCN(C)C2c3ccccc3CSc3ccc(Cl)cc32)c2c(Cl)cc(Cl)cc2n1. The lowest BCUT2D eigenvalue weighted by atomic mass is 9.94. The predicted octanol–water partition coefficient (Wildman–Crippen LogP) is 8.11. The number of likely N-dealkylation sites (N-methyl/N-ethyl adjacent to an activating group) is 1. The van der Waals surface area contributed by atoms with Gasteiger partial charge in [0.25, 0.3) is 0 Å². The molecule has 0 aliphatic carbocycles. The summed E-state index contributed by atoms with van der Waals surface area (Å²) in [5.41, 5.74) is 5.23. The first kappa shape index (κ1) is 27.1. The number of carbonyl (C=O) groups excluding carboxylic acids is 1. The second kappa shape index (κ2) is 11.7. The van der Waals surface area contributed by atoms with Crippen LogP contribution >= 0.6 is 46.6 Å². The topological polar surface area (TPSA) is 54.5 Å². The van der Waals surface area contributed by atoms with Gasteiger partial charge in [0, 0.05) is 44.9 Å². The number of pyridine rings is 1. The Balaban J connectivity index is 1.44. The number of benzene rings is 3. The van der Waals surface area contributed by atoms with Gasteiger partial charge in [0.05, 0.1) is 23.2 Å². The Morgan fingerprint density at radius 3 is 2.71 bits per heavy atom. The van der Waals surface area contributed by atoms with Crippen molar-refractivity contribution in [3.8, 4) is 0 Å². The normalized spacial score (nSPS) is 14.6. The van der Waals surface area contributed by atoms with E-state index in [1.807, 2.05) is 17.8 Å². The van der Waals surface area contributed by atoms with E-state index < -0.39 is 5.97 Å². The third kappa shape index (κ3) is 5.61. The lowest BCUT2D eigenvalue weighted by molar-refractivity contribution is 0.0520. The van der Waals surface area contributed by atoms with Gasteiger partial charge < -0.3 is 10.1 Å². The molecule has 3 aromatic carbocycles. The maximum absolute atomic E-state index is 12.5. The van der Waals surface area contributed by atoms with Crippen LogP contribution in [0.5, 0.6) is 0 Å². The molecule has 0 spiro atoms. The first-order valence-corrected chi connectivity index (χ1v) is 14.4. The molecule has 1 unspecified atom stereocenters. The standard InChI is InChI=1S/C29H26Cl3N3O2S/c1-3-37-29(36)25-15-23(27-22(32)13-19(31)14-24(27)34-25)33-10-11-35(2)28-20-7-5-4-6-17(20)16-38-26-9-8-18(30)12-21(26)28/h4-9,12-15,28H,3,10-11,16H2,1-2H3,(H,33,34). The van der Waals surface area contributed by atoms with E-state index >= 15 is 0 Å². The number of nitrogens with zero attached hydrogens (tertiary/aromatic N) is 2. The number of aromatic nitrogens is 1. The number of nitrogens with one attached hydrogen (secondary N) is 1. The molecule has 1 atom stereocenters. The summed E-state index contributed by atoms with van der Waals surface area (Å²) in [5, 5.41) is 5.83. The molecule has 9 heteroatoms. The molecule has 0 saturated carbocycles. The number of thioether (sulfide) groups is 1. The van der Waals surface area contributed by atoms with Crippen LogP contribution in [0.1, 0.15) is 40.1 Å². The number of ether oxygens (including phenoxy) is 1. The fourth-order valence-electron chi connectivity index (χ4n) is 4.83. The molecular weight excluding hydrogens is 561 g/mol. The number of halogens is 3. The Morgan fingerprint density at radius 1 is 1.08 bits per heavy atom. The highest BCUT2D eigenvalue weighted by Gasteiger charge is 2.27. The molecule has 0 saturated heterocycles. The van der Waals surface area contributed by atoms with Crippen molar-refractivity contribution in [3.63, 3.8) is 0 Å². The number of hydrogen-bond acceptors (Lipinski definition) is 6. The molecule has 1 aromatic heterocycles. The molecule has 38 heavy (non-hydrogen) atoms. The molecule has 5 rings (SSSR count). The van der Waals surface area contributed by atoms with Crippen molar-refractivity contribution in [2.45, 2.75) is 23.6 Å². The number of esters is 1. The third-order valence-corrected chi connectivity index (χ3v) is 8.42. The van der Waals surface area contributed by atoms with Gasteiger partial charge in [-0.2, -0.15) is 0 Å². The predicted molar refractivity (Wildman–Crippen MR) is 158 cm³/mol. The lowest BCUT2D eigenvalue weighted by Gasteiger charge is -2.30. The van der Waals surface area contributed by atoms with E-state index in [2.05, 4.69) is 58.6 Å². The van der Waals surface area contributed by atoms with E-state index in [1.165, 1.54) is 21.6 Å². The number of fused-ring (bicyclic) bond motifs is 3. The molecule has 0 radical (unpaired) electrons. The Kier molecular flexibility index (Phi) is 8.36. The number of carbonyl (C=O) groups is 1. The van der Waals surface area contributed by atoms with Gasteiger partial charge in [0.2, 0.25) is 0 Å². The summed E-state index contributed by atoms with van der Waals surface area (Å²) in [5.74, 6) is 0.417. The summed E-state index contributed by atoms with van der Waals surface area (Å²) < 4.78 is 5.19. The molecule has 0 fully saturated rings. The average molecular weight is 587 g/mol. The Bertz CT molecular complexity index is 1510. The maximum atomic E-state index is 12.5. The van der Waals surface area contributed by atoms with Gasteiger partial charge in [-0.3, -0.25) is 4.90 Å². The summed E-state index contributed by atoms with van der Waals surface area (Å²) in [4.78, 5) is 20.5. The molecule has 0 amide bonds. The highest BCUT2D eigenvalue weighted by molar-refractivity contribution is 7.98. The average Bonchev–Trinajstić information content (AvgIpc) is 3.04. The fourth-order valence-corrected chi connectivity index (χ4v) is 6.67. The first-order chi connectivity index (χ1) is 18.4. The number of anilines is 1. The zero-order valence-corrected chi connectivity index (χ0v) is 24.0. The molecule has 1 aliphatic heterocycles. The molecule has 1 N–H and O–H groups in total. The van der Waals surface area contributed by atoms with Crippen LogP contribution in [0, 0.1) is 0 Å². The van der Waals surface area contributed by atoms with Gasteiger partial charge in [-0.15, -0.1) is 11.8 Å². The third-order valence-electron chi connectivity index (χ3n) is 6.53. The van der Waals surface area contributed by atoms with Gasteiger partial charge in [0.15, 0.2) is 5.69 Å². The number of rotatable bonds is 7. The van der Waals surface area contributed by atoms with Crippen LogP contribution in [-0.2, 0) is 10.5 Å². The van der Waals surface area contributed by atoms with E-state index in [9.17, 15) is 4.79 Å². The Morgan fingerprint density at radius 2 is 1.89 bits per heavy atom. The second-order valence-electron chi connectivity index (χ2n) is 9.04. The maximum Gasteiger partial charge on any atom is 0.357 e. The van der Waals surface area contributed by atoms with Crippen LogP contribution in [0.25, 0.3) is 10.9 Å². The van der Waals surface area contributed by atoms with Gasteiger partial charge in [-0.25, -0.2) is 9.78 Å². The summed E-state index contributed by atoms with van der Waals surface area (Å²) in [6.45, 7) is 3.32. The minimum absolute atomic E-state index is 0.0448. The summed E-state index contributed by atoms with van der Waals surface area (Å²) in [6, 6.07) is 19.8. The Hall–Kier alpha value is -2.48. The quantitative estimate of drug-likeness (QED) is 0.221. The summed E-state index contributed by atoms with van der Waals surface area (Å²) >= 11 is 21.1. The van der Waals surface area contributed by atoms with Gasteiger partial charge in [-0.05, 0) is 67.1 Å². The van der Waals surface area contributed by atoms with Crippen LogP contribution < -0.4 is 5.32 Å². The zero-order valence-electron chi connectivity index (χ0n) is 20.9. The van der Waals surface area contributed by atoms with Gasteiger partial charge in [-0.1, -0.05) is 59.1 Å². The van der Waals surface area contributed by atoms with Crippen molar-refractivity contribution in [1.82, 2.24) is 9.88 Å². The van der Waals surface area contributed by atoms with E-state index in [-0.39, 0.29) is 18.3 Å². The van der Waals surface area contributed by atoms with Crippen LogP contribution in [0.3, 0.4) is 0 Å². The molecule has 1 aliphatic rings. The highest BCUT2D eigenvalue weighted by atomic mass is 35.5.